The third-order valence-electron chi connectivity index (χ3n) is 3.80. The first-order valence-electron chi connectivity index (χ1n) is 6.74. The molecular weight excluding hydrogens is 206 g/mol. The number of nitrogens with one attached hydrogen (secondary N) is 1. The fraction of sp³-hybridized carbons (Fsp3) is 0.500. The van der Waals surface area contributed by atoms with Crippen LogP contribution in [0.5, 0.6) is 0 Å². The summed E-state index contributed by atoms with van der Waals surface area (Å²) in [6.07, 6.45) is 5.61. The molecule has 0 aliphatic carbocycles. The Morgan fingerprint density at radius 2 is 2.06 bits per heavy atom. The van der Waals surface area contributed by atoms with Crippen LogP contribution < -0.4 is 5.32 Å². The van der Waals surface area contributed by atoms with E-state index in [-0.39, 0.29) is 0 Å². The van der Waals surface area contributed by atoms with Crippen molar-refractivity contribution in [3.63, 3.8) is 0 Å². The largest absolute Gasteiger partial charge is 0.316 e. The van der Waals surface area contributed by atoms with Crippen molar-refractivity contribution >= 4 is 0 Å². The Kier molecular flexibility index (Phi) is 4.38. The van der Waals surface area contributed by atoms with E-state index in [0.717, 1.165) is 31.8 Å². The van der Waals surface area contributed by atoms with Gasteiger partial charge in [0.15, 0.2) is 0 Å². The molecule has 0 spiro atoms. The minimum atomic E-state index is 0.680. The van der Waals surface area contributed by atoms with Crippen molar-refractivity contribution in [3.05, 3.63) is 48.0 Å². The first-order chi connectivity index (χ1) is 8.33. The Morgan fingerprint density at radius 3 is 2.71 bits per heavy atom. The maximum absolute atomic E-state index is 3.85. The van der Waals surface area contributed by atoms with E-state index in [1.807, 2.05) is 0 Å². The van der Waals surface area contributed by atoms with Crippen molar-refractivity contribution < 1.29 is 0 Å². The maximum atomic E-state index is 3.85. The highest BCUT2D eigenvalue weighted by Crippen LogP contribution is 2.28. The molecule has 92 valence electrons. The lowest BCUT2D eigenvalue weighted by molar-refractivity contribution is 0.344. The fourth-order valence-corrected chi connectivity index (χ4v) is 2.73. The Labute approximate surface area is 105 Å². The second kappa shape index (κ2) is 6.02. The molecule has 1 saturated heterocycles. The summed E-state index contributed by atoms with van der Waals surface area (Å²) in [4.78, 5) is 0. The molecule has 1 aromatic rings. The van der Waals surface area contributed by atoms with Crippen LogP contribution in [-0.4, -0.2) is 13.1 Å². The van der Waals surface area contributed by atoms with Crippen LogP contribution in [0.2, 0.25) is 0 Å². The molecule has 1 heterocycles. The van der Waals surface area contributed by atoms with E-state index in [1.54, 1.807) is 0 Å². The van der Waals surface area contributed by atoms with Gasteiger partial charge in [-0.2, -0.15) is 0 Å². The van der Waals surface area contributed by atoms with E-state index >= 15 is 0 Å². The predicted molar refractivity (Wildman–Crippen MR) is 74.4 cm³/mol. The maximum Gasteiger partial charge on any atom is 0.00203 e. The minimum Gasteiger partial charge on any atom is -0.316 e. The van der Waals surface area contributed by atoms with E-state index in [9.17, 15) is 0 Å². The van der Waals surface area contributed by atoms with Gasteiger partial charge in [-0.1, -0.05) is 37.3 Å². The van der Waals surface area contributed by atoms with E-state index in [0.29, 0.717) is 5.92 Å². The average molecular weight is 229 g/mol. The van der Waals surface area contributed by atoms with Gasteiger partial charge < -0.3 is 5.32 Å². The lowest BCUT2D eigenvalue weighted by atomic mass is 9.84. The predicted octanol–water partition coefficient (Wildman–Crippen LogP) is 3.52. The number of hydrogen-bond acceptors (Lipinski definition) is 1. The number of hydrogen-bond donors (Lipinski definition) is 1. The van der Waals surface area contributed by atoms with Crippen molar-refractivity contribution in [2.75, 3.05) is 13.1 Å². The van der Waals surface area contributed by atoms with Gasteiger partial charge in [0.2, 0.25) is 0 Å². The van der Waals surface area contributed by atoms with Crippen LogP contribution in [0.15, 0.2) is 36.9 Å². The van der Waals surface area contributed by atoms with Crippen molar-refractivity contribution in [3.8, 4) is 0 Å². The zero-order valence-corrected chi connectivity index (χ0v) is 10.8. The Hall–Kier alpha value is -1.08. The lowest BCUT2D eigenvalue weighted by Gasteiger charge is -2.29. The Morgan fingerprint density at radius 1 is 1.29 bits per heavy atom. The molecule has 0 aromatic heterocycles. The normalized spacial score (nSPS) is 24.5. The Bertz CT molecular complexity index is 352. The van der Waals surface area contributed by atoms with Gasteiger partial charge in [-0.3, -0.25) is 0 Å². The van der Waals surface area contributed by atoms with Crippen molar-refractivity contribution in [2.24, 2.45) is 5.92 Å². The van der Waals surface area contributed by atoms with Gasteiger partial charge in [-0.05, 0) is 48.8 Å². The second-order valence-electron chi connectivity index (χ2n) is 5.08. The lowest BCUT2D eigenvalue weighted by Crippen LogP contribution is -2.34. The van der Waals surface area contributed by atoms with Crippen LogP contribution in [0.4, 0.5) is 0 Å². The smallest absolute Gasteiger partial charge is 0.00203 e. The summed E-state index contributed by atoms with van der Waals surface area (Å²) in [6, 6.07) is 9.15. The summed E-state index contributed by atoms with van der Waals surface area (Å²) >= 11 is 0. The zero-order chi connectivity index (χ0) is 12.1. The van der Waals surface area contributed by atoms with E-state index in [1.165, 1.54) is 17.5 Å². The molecule has 0 bridgehead atoms. The molecule has 1 aromatic carbocycles. The van der Waals surface area contributed by atoms with Gasteiger partial charge in [0.25, 0.3) is 0 Å². The van der Waals surface area contributed by atoms with Gasteiger partial charge in [0.1, 0.15) is 0 Å². The third-order valence-corrected chi connectivity index (χ3v) is 3.80. The van der Waals surface area contributed by atoms with Crippen LogP contribution in [0, 0.1) is 5.92 Å². The molecule has 0 radical (unpaired) electrons. The molecule has 1 N–H and O–H groups in total. The van der Waals surface area contributed by atoms with Crippen molar-refractivity contribution in [1.29, 1.82) is 0 Å². The summed E-state index contributed by atoms with van der Waals surface area (Å²) in [5.74, 6) is 1.44. The molecule has 1 heteroatoms. The van der Waals surface area contributed by atoms with Gasteiger partial charge in [0, 0.05) is 6.54 Å². The SMILES string of the molecule is C=CCC1CNCC(c2ccc(CC)cc2)C1. The number of rotatable bonds is 4. The number of piperidine rings is 1. The van der Waals surface area contributed by atoms with Gasteiger partial charge in [-0.15, -0.1) is 6.58 Å². The molecule has 1 aliphatic rings. The van der Waals surface area contributed by atoms with E-state index in [2.05, 4.69) is 49.2 Å². The van der Waals surface area contributed by atoms with Crippen LogP contribution in [0.1, 0.15) is 36.8 Å². The summed E-state index contributed by atoms with van der Waals surface area (Å²) in [6.45, 7) is 8.33. The van der Waals surface area contributed by atoms with Crippen LogP contribution >= 0.6 is 0 Å². The molecule has 0 saturated carbocycles. The number of allylic oxidation sites excluding steroid dienone is 1. The summed E-state index contributed by atoms with van der Waals surface area (Å²) in [7, 11) is 0. The summed E-state index contributed by atoms with van der Waals surface area (Å²) < 4.78 is 0. The first kappa shape index (κ1) is 12.4. The third kappa shape index (κ3) is 3.19. The molecule has 1 nitrogen and oxygen atoms in total. The average Bonchev–Trinajstić information content (AvgIpc) is 2.40. The number of aryl methyl sites for hydroxylation is 1. The number of benzene rings is 1. The van der Waals surface area contributed by atoms with E-state index in [4.69, 9.17) is 0 Å². The second-order valence-corrected chi connectivity index (χ2v) is 5.08. The molecule has 2 unspecified atom stereocenters. The van der Waals surface area contributed by atoms with Crippen LogP contribution in [0.3, 0.4) is 0 Å². The molecule has 2 atom stereocenters. The van der Waals surface area contributed by atoms with Crippen molar-refractivity contribution in [1.82, 2.24) is 5.32 Å². The molecule has 1 aliphatic heterocycles. The van der Waals surface area contributed by atoms with E-state index < -0.39 is 0 Å². The molecule has 17 heavy (non-hydrogen) atoms. The van der Waals surface area contributed by atoms with Crippen LogP contribution in [0.25, 0.3) is 0 Å². The zero-order valence-electron chi connectivity index (χ0n) is 10.8. The topological polar surface area (TPSA) is 12.0 Å². The molecule has 1 fully saturated rings. The fourth-order valence-electron chi connectivity index (χ4n) is 2.73. The van der Waals surface area contributed by atoms with Crippen molar-refractivity contribution in [2.45, 2.75) is 32.1 Å². The van der Waals surface area contributed by atoms with Gasteiger partial charge in [-0.25, -0.2) is 0 Å². The highest BCUT2D eigenvalue weighted by molar-refractivity contribution is 5.26. The first-order valence-corrected chi connectivity index (χ1v) is 6.74. The highest BCUT2D eigenvalue weighted by atomic mass is 14.9. The quantitative estimate of drug-likeness (QED) is 0.779. The molecule has 2 rings (SSSR count). The van der Waals surface area contributed by atoms with Crippen LogP contribution in [-0.2, 0) is 6.42 Å². The van der Waals surface area contributed by atoms with Gasteiger partial charge in [0.05, 0.1) is 0 Å². The monoisotopic (exact) mass is 229 g/mol. The Balaban J connectivity index is 2.02. The molecule has 0 amide bonds. The molecular formula is C16H23N. The summed E-state index contributed by atoms with van der Waals surface area (Å²) in [5.41, 5.74) is 2.92. The van der Waals surface area contributed by atoms with Gasteiger partial charge >= 0.3 is 0 Å². The summed E-state index contributed by atoms with van der Waals surface area (Å²) in [5, 5.41) is 3.55. The minimum absolute atomic E-state index is 0.680. The highest BCUT2D eigenvalue weighted by Gasteiger charge is 2.21. The standard InChI is InChI=1S/C16H23N/c1-3-5-14-10-16(12-17-11-14)15-8-6-13(4-2)7-9-15/h3,6-9,14,16-17H,1,4-5,10-12H2,2H3.